The van der Waals surface area contributed by atoms with E-state index >= 15 is 0 Å². The lowest BCUT2D eigenvalue weighted by atomic mass is 10.0. The number of fused-ring (bicyclic) bond motifs is 1. The number of H-pyrrole nitrogens is 1. The minimum Gasteiger partial charge on any atom is -0.405 e. The first kappa shape index (κ1) is 28.2. The molecule has 0 saturated heterocycles. The summed E-state index contributed by atoms with van der Waals surface area (Å²) in [6, 6.07) is 13.8. The van der Waals surface area contributed by atoms with Gasteiger partial charge in [-0.15, -0.1) is 13.2 Å². The molecule has 1 atom stereocenters. The first-order valence-electron chi connectivity index (χ1n) is 12.0. The molecule has 4 aromatic rings. The van der Waals surface area contributed by atoms with Crippen LogP contribution in [0.15, 0.2) is 66.9 Å². The molecule has 0 aliphatic heterocycles. The molecule has 206 valence electrons. The Bertz CT molecular complexity index is 1620. The highest BCUT2D eigenvalue weighted by Gasteiger charge is 2.33. The van der Waals surface area contributed by atoms with E-state index in [9.17, 15) is 32.3 Å². The van der Waals surface area contributed by atoms with Gasteiger partial charge in [-0.1, -0.05) is 30.0 Å². The Labute approximate surface area is 226 Å². The van der Waals surface area contributed by atoms with Crippen LogP contribution < -0.4 is 15.4 Å². The van der Waals surface area contributed by atoms with Crippen molar-refractivity contribution in [3.05, 3.63) is 94.9 Å². The number of aliphatic hydroxyl groups excluding tert-OH is 1. The fourth-order valence-electron chi connectivity index (χ4n) is 4.02. The molecule has 0 bridgehead atoms. The van der Waals surface area contributed by atoms with Gasteiger partial charge in [-0.2, -0.15) is 0 Å². The van der Waals surface area contributed by atoms with Gasteiger partial charge in [0.2, 0.25) is 5.91 Å². The zero-order valence-corrected chi connectivity index (χ0v) is 21.0. The van der Waals surface area contributed by atoms with Gasteiger partial charge in [0.05, 0.1) is 23.9 Å². The number of hydrogen-bond donors (Lipinski definition) is 4. The maximum atomic E-state index is 14.2. The summed E-state index contributed by atoms with van der Waals surface area (Å²) in [7, 11) is 0. The van der Waals surface area contributed by atoms with Crippen molar-refractivity contribution in [2.24, 2.45) is 0 Å². The average molecular weight is 554 g/mol. The van der Waals surface area contributed by atoms with E-state index in [1.54, 1.807) is 6.20 Å². The number of carbonyl (C=O) groups excluding carboxylic acids is 2. The molecule has 0 spiro atoms. The van der Waals surface area contributed by atoms with E-state index in [1.807, 2.05) is 24.3 Å². The van der Waals surface area contributed by atoms with Crippen LogP contribution in [0.25, 0.3) is 10.9 Å². The molecule has 1 heterocycles. The molecule has 0 saturated carbocycles. The van der Waals surface area contributed by atoms with Crippen molar-refractivity contribution in [3.63, 3.8) is 0 Å². The number of ether oxygens (including phenoxy) is 1. The Hall–Kier alpha value is -4.82. The van der Waals surface area contributed by atoms with E-state index in [2.05, 4.69) is 32.2 Å². The first-order chi connectivity index (χ1) is 19.0. The number of aromatic nitrogens is 1. The molecule has 1 unspecified atom stereocenters. The molecule has 3 aromatic carbocycles. The smallest absolute Gasteiger partial charge is 0.405 e. The van der Waals surface area contributed by atoms with E-state index in [-0.39, 0.29) is 23.2 Å². The SMILES string of the molecule is CC(=O)Nc1ccc(C#Cc2ccc(OC(F)(F)F)c(C(=O)NC(CO)Cc3c[nH]c4ccccc34)c2)cc1F. The number of hydrogen-bond acceptors (Lipinski definition) is 4. The number of halogens is 4. The Morgan fingerprint density at radius 2 is 1.75 bits per heavy atom. The standard InChI is InChI=1S/C29H23F4N3O4/c1-17(38)35-26-10-8-19(13-24(26)30)7-6-18-9-11-27(40-29(31,32)33)23(12-18)28(39)36-21(16-37)14-20-15-34-25-5-3-2-4-22(20)25/h2-5,8-13,15,21,34,37H,14,16H2,1H3,(H,35,38)(H,36,39). The maximum Gasteiger partial charge on any atom is 0.573 e. The van der Waals surface area contributed by atoms with E-state index < -0.39 is 48.0 Å². The number of amides is 2. The van der Waals surface area contributed by atoms with Gasteiger partial charge in [0.1, 0.15) is 11.6 Å². The van der Waals surface area contributed by atoms with Crippen LogP contribution in [-0.2, 0) is 11.2 Å². The summed E-state index contributed by atoms with van der Waals surface area (Å²) in [6.07, 6.45) is -3.11. The van der Waals surface area contributed by atoms with Crippen LogP contribution in [0.4, 0.5) is 23.2 Å². The molecule has 0 radical (unpaired) electrons. The molecule has 40 heavy (non-hydrogen) atoms. The zero-order valence-electron chi connectivity index (χ0n) is 21.0. The predicted molar refractivity (Wildman–Crippen MR) is 140 cm³/mol. The molecule has 4 N–H and O–H groups in total. The number of aliphatic hydroxyl groups is 1. The van der Waals surface area contributed by atoms with Crippen molar-refractivity contribution in [3.8, 4) is 17.6 Å². The Kier molecular flexibility index (Phi) is 8.40. The van der Waals surface area contributed by atoms with Crippen LogP contribution in [-0.4, -0.2) is 40.9 Å². The number of anilines is 1. The highest BCUT2D eigenvalue weighted by molar-refractivity contribution is 5.97. The van der Waals surface area contributed by atoms with Gasteiger partial charge in [0.25, 0.3) is 5.91 Å². The van der Waals surface area contributed by atoms with Crippen molar-refractivity contribution >= 4 is 28.4 Å². The third-order valence-corrected chi connectivity index (χ3v) is 5.78. The summed E-state index contributed by atoms with van der Waals surface area (Å²) in [6.45, 7) is 0.762. The van der Waals surface area contributed by atoms with Crippen LogP contribution in [0.2, 0.25) is 0 Å². The van der Waals surface area contributed by atoms with Crippen molar-refractivity contribution in [2.75, 3.05) is 11.9 Å². The highest BCUT2D eigenvalue weighted by atomic mass is 19.4. The number of alkyl halides is 3. The van der Waals surface area contributed by atoms with E-state index in [1.165, 1.54) is 25.1 Å². The zero-order chi connectivity index (χ0) is 28.9. The topological polar surface area (TPSA) is 103 Å². The minimum atomic E-state index is -5.06. The van der Waals surface area contributed by atoms with Crippen LogP contribution in [0, 0.1) is 17.7 Å². The van der Waals surface area contributed by atoms with Crippen molar-refractivity contribution in [1.82, 2.24) is 10.3 Å². The van der Waals surface area contributed by atoms with Gasteiger partial charge in [-0.25, -0.2) is 4.39 Å². The van der Waals surface area contributed by atoms with Crippen molar-refractivity contribution in [1.29, 1.82) is 0 Å². The van der Waals surface area contributed by atoms with E-state index in [0.717, 1.165) is 34.7 Å². The number of nitrogens with one attached hydrogen (secondary N) is 3. The molecule has 0 fully saturated rings. The second-order valence-corrected chi connectivity index (χ2v) is 8.80. The number of aromatic amines is 1. The van der Waals surface area contributed by atoms with Crippen LogP contribution in [0.5, 0.6) is 5.75 Å². The quantitative estimate of drug-likeness (QED) is 0.193. The Morgan fingerprint density at radius 1 is 1.05 bits per heavy atom. The lowest BCUT2D eigenvalue weighted by Gasteiger charge is -2.18. The first-order valence-corrected chi connectivity index (χ1v) is 12.0. The third-order valence-electron chi connectivity index (χ3n) is 5.78. The summed E-state index contributed by atoms with van der Waals surface area (Å²) in [5, 5.41) is 15.7. The van der Waals surface area contributed by atoms with Crippen molar-refractivity contribution < 1.29 is 37.0 Å². The van der Waals surface area contributed by atoms with Gasteiger partial charge in [0.15, 0.2) is 0 Å². The monoisotopic (exact) mass is 553 g/mol. The van der Waals surface area contributed by atoms with Crippen LogP contribution in [0.3, 0.4) is 0 Å². The lowest BCUT2D eigenvalue weighted by Crippen LogP contribution is -2.39. The predicted octanol–water partition coefficient (Wildman–Crippen LogP) is 4.90. The molecule has 1 aromatic heterocycles. The molecule has 0 aliphatic carbocycles. The van der Waals surface area contributed by atoms with Gasteiger partial charge >= 0.3 is 6.36 Å². The van der Waals surface area contributed by atoms with E-state index in [0.29, 0.717) is 0 Å². The summed E-state index contributed by atoms with van der Waals surface area (Å²) < 4.78 is 57.4. The molecular formula is C29H23F4N3O4. The number of benzene rings is 3. The molecule has 2 amide bonds. The largest absolute Gasteiger partial charge is 0.573 e. The lowest BCUT2D eigenvalue weighted by molar-refractivity contribution is -0.274. The summed E-state index contributed by atoms with van der Waals surface area (Å²) in [5.41, 5.74) is 1.57. The van der Waals surface area contributed by atoms with E-state index in [4.69, 9.17) is 0 Å². The van der Waals surface area contributed by atoms with Gasteiger partial charge in [-0.3, -0.25) is 9.59 Å². The molecule has 0 aliphatic rings. The third kappa shape index (κ3) is 7.18. The summed E-state index contributed by atoms with van der Waals surface area (Å²) >= 11 is 0. The average Bonchev–Trinajstić information content (AvgIpc) is 3.30. The molecule has 11 heteroatoms. The van der Waals surface area contributed by atoms with Gasteiger partial charge < -0.3 is 25.5 Å². The molecule has 7 nitrogen and oxygen atoms in total. The molecule has 4 rings (SSSR count). The molecular weight excluding hydrogens is 530 g/mol. The van der Waals surface area contributed by atoms with Gasteiger partial charge in [-0.05, 0) is 54.4 Å². The number of rotatable bonds is 7. The second-order valence-electron chi connectivity index (χ2n) is 8.80. The highest BCUT2D eigenvalue weighted by Crippen LogP contribution is 2.28. The fraction of sp³-hybridized carbons (Fsp3) is 0.172. The van der Waals surface area contributed by atoms with Gasteiger partial charge in [0, 0.05) is 35.2 Å². The second kappa shape index (κ2) is 11.9. The van der Waals surface area contributed by atoms with Crippen molar-refractivity contribution in [2.45, 2.75) is 25.7 Å². The minimum absolute atomic E-state index is 0.0308. The fourth-order valence-corrected chi connectivity index (χ4v) is 4.02. The summed E-state index contributed by atoms with van der Waals surface area (Å²) in [4.78, 5) is 27.3. The Balaban J connectivity index is 1.59. The maximum absolute atomic E-state index is 14.2. The Morgan fingerprint density at radius 3 is 2.42 bits per heavy atom. The van der Waals surface area contributed by atoms with Crippen LogP contribution >= 0.6 is 0 Å². The number of carbonyl (C=O) groups is 2. The number of para-hydroxylation sites is 1. The normalized spacial score (nSPS) is 11.8. The summed E-state index contributed by atoms with van der Waals surface area (Å²) in [5.74, 6) is 2.53. The van der Waals surface area contributed by atoms with Crippen LogP contribution in [0.1, 0.15) is 34.0 Å².